The highest BCUT2D eigenvalue weighted by molar-refractivity contribution is 6.30. The maximum absolute atomic E-state index is 5.98. The molecule has 2 rings (SSSR count). The molecule has 0 saturated carbocycles. The first kappa shape index (κ1) is 16.7. The summed E-state index contributed by atoms with van der Waals surface area (Å²) in [5, 5.41) is 4.10. The van der Waals surface area contributed by atoms with Crippen LogP contribution in [-0.2, 0) is 13.2 Å². The van der Waals surface area contributed by atoms with Gasteiger partial charge in [-0.1, -0.05) is 43.6 Å². The maximum atomic E-state index is 5.98. The topological polar surface area (TPSA) is 30.5 Å². The standard InChI is InChI=1S/C18H22ClNO2/c1-13(2)20-11-14-7-8-17(18(10-14)21-3)22-12-15-5-4-6-16(19)9-15/h4-10,13,20H,11-12H2,1-3H3. The van der Waals surface area contributed by atoms with Gasteiger partial charge in [-0.05, 0) is 35.4 Å². The van der Waals surface area contributed by atoms with Crippen LogP contribution in [0.3, 0.4) is 0 Å². The minimum atomic E-state index is 0.449. The van der Waals surface area contributed by atoms with E-state index in [4.69, 9.17) is 21.1 Å². The summed E-state index contributed by atoms with van der Waals surface area (Å²) in [6, 6.07) is 14.1. The van der Waals surface area contributed by atoms with Gasteiger partial charge >= 0.3 is 0 Å². The Labute approximate surface area is 137 Å². The van der Waals surface area contributed by atoms with Crippen molar-refractivity contribution >= 4 is 11.6 Å². The van der Waals surface area contributed by atoms with Crippen molar-refractivity contribution in [3.8, 4) is 11.5 Å². The van der Waals surface area contributed by atoms with Crippen LogP contribution in [0.25, 0.3) is 0 Å². The summed E-state index contributed by atoms with van der Waals surface area (Å²) < 4.78 is 11.3. The van der Waals surface area contributed by atoms with Crippen LogP contribution >= 0.6 is 11.6 Å². The van der Waals surface area contributed by atoms with Crippen LogP contribution in [0.4, 0.5) is 0 Å². The molecule has 118 valence electrons. The average molecular weight is 320 g/mol. The highest BCUT2D eigenvalue weighted by Crippen LogP contribution is 2.29. The molecule has 0 aliphatic carbocycles. The van der Waals surface area contributed by atoms with Crippen molar-refractivity contribution in [2.45, 2.75) is 33.0 Å². The summed E-state index contributed by atoms with van der Waals surface area (Å²) in [5.41, 5.74) is 2.20. The van der Waals surface area contributed by atoms with Crippen molar-refractivity contribution in [1.82, 2.24) is 5.32 Å². The number of hydrogen-bond acceptors (Lipinski definition) is 3. The number of hydrogen-bond donors (Lipinski definition) is 1. The van der Waals surface area contributed by atoms with Gasteiger partial charge in [-0.15, -0.1) is 0 Å². The second-order valence-electron chi connectivity index (χ2n) is 5.44. The molecule has 0 aliphatic heterocycles. The normalized spacial score (nSPS) is 10.8. The van der Waals surface area contributed by atoms with E-state index in [9.17, 15) is 0 Å². The highest BCUT2D eigenvalue weighted by Gasteiger charge is 2.07. The van der Waals surface area contributed by atoms with Crippen LogP contribution in [0.2, 0.25) is 5.02 Å². The van der Waals surface area contributed by atoms with Crippen LogP contribution in [-0.4, -0.2) is 13.2 Å². The van der Waals surface area contributed by atoms with Gasteiger partial charge in [0, 0.05) is 17.6 Å². The molecular weight excluding hydrogens is 298 g/mol. The Balaban J connectivity index is 2.04. The van der Waals surface area contributed by atoms with Gasteiger partial charge in [0.05, 0.1) is 7.11 Å². The van der Waals surface area contributed by atoms with E-state index < -0.39 is 0 Å². The molecule has 0 aliphatic rings. The minimum absolute atomic E-state index is 0.449. The fourth-order valence-electron chi connectivity index (χ4n) is 2.05. The minimum Gasteiger partial charge on any atom is -0.493 e. The summed E-state index contributed by atoms with van der Waals surface area (Å²) in [4.78, 5) is 0. The molecule has 22 heavy (non-hydrogen) atoms. The van der Waals surface area contributed by atoms with Crippen molar-refractivity contribution in [2.75, 3.05) is 7.11 Å². The lowest BCUT2D eigenvalue weighted by Crippen LogP contribution is -2.21. The first-order valence-electron chi connectivity index (χ1n) is 7.36. The van der Waals surface area contributed by atoms with Crippen LogP contribution in [0.5, 0.6) is 11.5 Å². The first-order chi connectivity index (χ1) is 10.6. The molecular formula is C18H22ClNO2. The van der Waals surface area contributed by atoms with Gasteiger partial charge < -0.3 is 14.8 Å². The Morgan fingerprint density at radius 1 is 1.05 bits per heavy atom. The van der Waals surface area contributed by atoms with Crippen LogP contribution in [0, 0.1) is 0 Å². The molecule has 0 amide bonds. The molecule has 0 aromatic heterocycles. The Morgan fingerprint density at radius 3 is 2.55 bits per heavy atom. The van der Waals surface area contributed by atoms with Gasteiger partial charge in [0.2, 0.25) is 0 Å². The summed E-state index contributed by atoms with van der Waals surface area (Å²) >= 11 is 5.98. The molecule has 1 N–H and O–H groups in total. The van der Waals surface area contributed by atoms with Crippen molar-refractivity contribution in [3.63, 3.8) is 0 Å². The summed E-state index contributed by atoms with van der Waals surface area (Å²) in [6.07, 6.45) is 0. The Bertz CT molecular complexity index is 614. The van der Waals surface area contributed by atoms with E-state index in [-0.39, 0.29) is 0 Å². The van der Waals surface area contributed by atoms with Gasteiger partial charge in [-0.3, -0.25) is 0 Å². The molecule has 2 aromatic carbocycles. The number of methoxy groups -OCH3 is 1. The number of halogens is 1. The molecule has 0 atom stereocenters. The summed E-state index contributed by atoms with van der Waals surface area (Å²) in [5.74, 6) is 1.47. The molecule has 0 spiro atoms. The summed E-state index contributed by atoms with van der Waals surface area (Å²) in [7, 11) is 1.65. The quantitative estimate of drug-likeness (QED) is 0.819. The third-order valence-corrected chi connectivity index (χ3v) is 3.46. The van der Waals surface area contributed by atoms with E-state index >= 15 is 0 Å². The maximum Gasteiger partial charge on any atom is 0.161 e. The van der Waals surface area contributed by atoms with Crippen LogP contribution < -0.4 is 14.8 Å². The molecule has 0 bridgehead atoms. The third-order valence-electron chi connectivity index (χ3n) is 3.23. The third kappa shape index (κ3) is 4.93. The second-order valence-corrected chi connectivity index (χ2v) is 5.88. The molecule has 0 radical (unpaired) electrons. The number of rotatable bonds is 7. The second kappa shape index (κ2) is 8.06. The Morgan fingerprint density at radius 2 is 1.86 bits per heavy atom. The van der Waals surface area contributed by atoms with Crippen molar-refractivity contribution in [1.29, 1.82) is 0 Å². The first-order valence-corrected chi connectivity index (χ1v) is 7.74. The van der Waals surface area contributed by atoms with Crippen molar-refractivity contribution in [2.24, 2.45) is 0 Å². The molecule has 0 saturated heterocycles. The lowest BCUT2D eigenvalue weighted by atomic mass is 10.2. The molecule has 4 heteroatoms. The van der Waals surface area contributed by atoms with E-state index in [1.54, 1.807) is 7.11 Å². The van der Waals surface area contributed by atoms with Crippen LogP contribution in [0.15, 0.2) is 42.5 Å². The molecule has 0 unspecified atom stereocenters. The van der Waals surface area contributed by atoms with Crippen molar-refractivity contribution in [3.05, 3.63) is 58.6 Å². The number of ether oxygens (including phenoxy) is 2. The number of benzene rings is 2. The molecule has 0 heterocycles. The zero-order chi connectivity index (χ0) is 15.9. The lowest BCUT2D eigenvalue weighted by Gasteiger charge is -2.13. The van der Waals surface area contributed by atoms with E-state index in [0.717, 1.165) is 23.6 Å². The van der Waals surface area contributed by atoms with Gasteiger partial charge in [0.25, 0.3) is 0 Å². The van der Waals surface area contributed by atoms with E-state index in [0.29, 0.717) is 17.7 Å². The predicted molar refractivity (Wildman–Crippen MR) is 90.8 cm³/mol. The average Bonchev–Trinajstić information content (AvgIpc) is 2.51. The fourth-order valence-corrected chi connectivity index (χ4v) is 2.26. The Kier molecular flexibility index (Phi) is 6.10. The van der Waals surface area contributed by atoms with Gasteiger partial charge in [-0.2, -0.15) is 0 Å². The van der Waals surface area contributed by atoms with E-state index in [2.05, 4.69) is 19.2 Å². The zero-order valence-electron chi connectivity index (χ0n) is 13.2. The number of nitrogens with one attached hydrogen (secondary N) is 1. The Hall–Kier alpha value is -1.71. The lowest BCUT2D eigenvalue weighted by molar-refractivity contribution is 0.284. The molecule has 0 fully saturated rings. The fraction of sp³-hybridized carbons (Fsp3) is 0.333. The van der Waals surface area contributed by atoms with Gasteiger partial charge in [0.15, 0.2) is 11.5 Å². The monoisotopic (exact) mass is 319 g/mol. The van der Waals surface area contributed by atoms with Crippen LogP contribution in [0.1, 0.15) is 25.0 Å². The van der Waals surface area contributed by atoms with Gasteiger partial charge in [0.1, 0.15) is 6.61 Å². The largest absolute Gasteiger partial charge is 0.493 e. The van der Waals surface area contributed by atoms with Gasteiger partial charge in [-0.25, -0.2) is 0 Å². The highest BCUT2D eigenvalue weighted by atomic mass is 35.5. The van der Waals surface area contributed by atoms with E-state index in [1.807, 2.05) is 42.5 Å². The van der Waals surface area contributed by atoms with E-state index in [1.165, 1.54) is 5.56 Å². The SMILES string of the molecule is COc1cc(CNC(C)C)ccc1OCc1cccc(Cl)c1. The predicted octanol–water partition coefficient (Wildman–Crippen LogP) is 4.43. The molecule has 3 nitrogen and oxygen atoms in total. The molecule has 2 aromatic rings. The smallest absolute Gasteiger partial charge is 0.161 e. The summed E-state index contributed by atoms with van der Waals surface area (Å²) in [6.45, 7) is 5.52. The van der Waals surface area contributed by atoms with Crippen molar-refractivity contribution < 1.29 is 9.47 Å². The zero-order valence-corrected chi connectivity index (χ0v) is 14.0.